The van der Waals surface area contributed by atoms with Crippen molar-refractivity contribution >= 4 is 23.0 Å². The lowest BCUT2D eigenvalue weighted by molar-refractivity contribution is 0.317. The lowest BCUT2D eigenvalue weighted by Crippen LogP contribution is -2.31. The van der Waals surface area contributed by atoms with E-state index in [4.69, 9.17) is 16.8 Å². The first-order valence-corrected chi connectivity index (χ1v) is 6.95. The highest BCUT2D eigenvalue weighted by Gasteiger charge is 2.21. The van der Waals surface area contributed by atoms with E-state index in [1.54, 1.807) is 0 Å². The van der Waals surface area contributed by atoms with Gasteiger partial charge in [0, 0.05) is 35.8 Å². The van der Waals surface area contributed by atoms with E-state index in [1.807, 2.05) is 36.4 Å². The number of fused-ring (bicyclic) bond motifs is 1. The van der Waals surface area contributed by atoms with Gasteiger partial charge in [-0.15, -0.1) is 0 Å². The number of hydrogen-bond donors (Lipinski definition) is 1. The molecule has 0 aliphatic carbocycles. The smallest absolute Gasteiger partial charge is 0.0906 e. The van der Waals surface area contributed by atoms with Gasteiger partial charge in [0.15, 0.2) is 0 Å². The van der Waals surface area contributed by atoms with Crippen LogP contribution in [0, 0.1) is 0 Å². The van der Waals surface area contributed by atoms with Gasteiger partial charge in [-0.3, -0.25) is 0 Å². The first-order valence-electron chi connectivity index (χ1n) is 6.57. The molecule has 0 radical (unpaired) electrons. The van der Waals surface area contributed by atoms with Crippen molar-refractivity contribution in [2.75, 3.05) is 11.4 Å². The summed E-state index contributed by atoms with van der Waals surface area (Å²) in [6.07, 6.45) is 0.744. The second-order valence-electron chi connectivity index (χ2n) is 4.87. The molecular weight excluding hydrogens is 272 g/mol. The zero-order chi connectivity index (χ0) is 13.9. The topological polar surface area (TPSA) is 35.8 Å². The molecule has 3 rings (SSSR count). The Labute approximate surface area is 123 Å². The van der Waals surface area contributed by atoms with Crippen molar-refractivity contribution in [1.29, 1.82) is 0 Å². The van der Waals surface area contributed by atoms with Gasteiger partial charge in [0.1, 0.15) is 0 Å². The summed E-state index contributed by atoms with van der Waals surface area (Å²) in [7, 11) is 0. The normalized spacial score (nSPS) is 16.2. The molecule has 102 valence electrons. The number of oxime groups is 1. The van der Waals surface area contributed by atoms with Crippen molar-refractivity contribution < 1.29 is 5.21 Å². The summed E-state index contributed by atoms with van der Waals surface area (Å²) in [6, 6.07) is 15.9. The molecule has 3 nitrogen and oxygen atoms in total. The Kier molecular flexibility index (Phi) is 3.61. The van der Waals surface area contributed by atoms with E-state index in [0.717, 1.165) is 41.5 Å². The van der Waals surface area contributed by atoms with Gasteiger partial charge in [0.05, 0.1) is 5.71 Å². The fraction of sp³-hybridized carbons (Fsp3) is 0.188. The summed E-state index contributed by atoms with van der Waals surface area (Å²) in [6.45, 7) is 1.64. The molecule has 0 amide bonds. The van der Waals surface area contributed by atoms with Gasteiger partial charge in [-0.25, -0.2) is 0 Å². The number of rotatable bonds is 2. The summed E-state index contributed by atoms with van der Waals surface area (Å²) in [5, 5.41) is 13.3. The second kappa shape index (κ2) is 5.55. The van der Waals surface area contributed by atoms with Crippen LogP contribution in [0.1, 0.15) is 17.5 Å². The lowest BCUT2D eigenvalue weighted by atomic mass is 9.99. The predicted molar refractivity (Wildman–Crippen MR) is 81.9 cm³/mol. The van der Waals surface area contributed by atoms with Gasteiger partial charge in [0.25, 0.3) is 0 Å². The Hall–Kier alpha value is -2.00. The molecule has 0 aromatic heterocycles. The van der Waals surface area contributed by atoms with E-state index in [-0.39, 0.29) is 0 Å². The molecule has 1 heterocycles. The standard InChI is InChI=1S/C16H15ClN2O/c17-13-5-3-4-12(10-13)11-19-9-8-15(18-20)14-6-1-2-7-16(14)19/h1-7,10,20H,8-9,11H2. The van der Waals surface area contributed by atoms with Crippen molar-refractivity contribution in [1.82, 2.24) is 0 Å². The zero-order valence-corrected chi connectivity index (χ0v) is 11.7. The molecule has 20 heavy (non-hydrogen) atoms. The van der Waals surface area contributed by atoms with Gasteiger partial charge in [-0.05, 0) is 23.8 Å². The molecule has 2 aromatic carbocycles. The number of nitrogens with zero attached hydrogens (tertiary/aromatic N) is 2. The average Bonchev–Trinajstić information content (AvgIpc) is 2.48. The minimum absolute atomic E-state index is 0.744. The highest BCUT2D eigenvalue weighted by Crippen LogP contribution is 2.28. The van der Waals surface area contributed by atoms with Crippen molar-refractivity contribution in [2.45, 2.75) is 13.0 Å². The number of para-hydroxylation sites is 1. The molecule has 0 bridgehead atoms. The maximum Gasteiger partial charge on any atom is 0.0906 e. The third-order valence-corrected chi connectivity index (χ3v) is 3.79. The van der Waals surface area contributed by atoms with Crippen LogP contribution in [0.2, 0.25) is 5.02 Å². The van der Waals surface area contributed by atoms with E-state index in [0.29, 0.717) is 0 Å². The largest absolute Gasteiger partial charge is 0.411 e. The third-order valence-electron chi connectivity index (χ3n) is 3.56. The van der Waals surface area contributed by atoms with Gasteiger partial charge < -0.3 is 10.1 Å². The highest BCUT2D eigenvalue weighted by atomic mass is 35.5. The fourth-order valence-electron chi connectivity index (χ4n) is 2.61. The van der Waals surface area contributed by atoms with E-state index in [1.165, 1.54) is 5.56 Å². The number of anilines is 1. The summed E-state index contributed by atoms with van der Waals surface area (Å²) >= 11 is 6.04. The number of halogens is 1. The predicted octanol–water partition coefficient (Wildman–Crippen LogP) is 3.93. The molecular formula is C16H15ClN2O. The van der Waals surface area contributed by atoms with Crippen molar-refractivity contribution in [3.63, 3.8) is 0 Å². The minimum Gasteiger partial charge on any atom is -0.411 e. The molecule has 1 N–H and O–H groups in total. The third kappa shape index (κ3) is 2.49. The molecule has 0 atom stereocenters. The van der Waals surface area contributed by atoms with Crippen LogP contribution in [0.3, 0.4) is 0 Å². The Morgan fingerprint density at radius 3 is 2.80 bits per heavy atom. The molecule has 0 unspecified atom stereocenters. The average molecular weight is 287 g/mol. The molecule has 0 fully saturated rings. The second-order valence-corrected chi connectivity index (χ2v) is 5.30. The Morgan fingerprint density at radius 2 is 2.00 bits per heavy atom. The van der Waals surface area contributed by atoms with Gasteiger partial charge in [-0.1, -0.05) is 47.1 Å². The lowest BCUT2D eigenvalue weighted by Gasteiger charge is -2.31. The van der Waals surface area contributed by atoms with Crippen LogP contribution in [0.25, 0.3) is 0 Å². The Morgan fingerprint density at radius 1 is 1.15 bits per heavy atom. The van der Waals surface area contributed by atoms with Crippen molar-refractivity contribution in [3.05, 3.63) is 64.7 Å². The summed E-state index contributed by atoms with van der Waals surface area (Å²) < 4.78 is 0. The Balaban J connectivity index is 1.92. The molecule has 0 spiro atoms. The first kappa shape index (κ1) is 13.0. The molecule has 0 saturated heterocycles. The molecule has 1 aliphatic rings. The van der Waals surface area contributed by atoms with Crippen LogP contribution in [-0.4, -0.2) is 17.5 Å². The highest BCUT2D eigenvalue weighted by molar-refractivity contribution is 6.30. The van der Waals surface area contributed by atoms with Crippen LogP contribution in [0.5, 0.6) is 0 Å². The van der Waals surface area contributed by atoms with Crippen LogP contribution >= 0.6 is 11.6 Å². The maximum atomic E-state index is 9.10. The van der Waals surface area contributed by atoms with Crippen LogP contribution in [0.4, 0.5) is 5.69 Å². The molecule has 4 heteroatoms. The van der Waals surface area contributed by atoms with Crippen LogP contribution < -0.4 is 4.90 Å². The molecule has 0 saturated carbocycles. The number of benzene rings is 2. The van der Waals surface area contributed by atoms with Gasteiger partial charge >= 0.3 is 0 Å². The first-order chi connectivity index (χ1) is 9.78. The fourth-order valence-corrected chi connectivity index (χ4v) is 2.83. The van der Waals surface area contributed by atoms with E-state index >= 15 is 0 Å². The Bertz CT molecular complexity index is 654. The number of hydrogen-bond acceptors (Lipinski definition) is 3. The summed E-state index contributed by atoms with van der Waals surface area (Å²) in [5.41, 5.74) is 4.04. The van der Waals surface area contributed by atoms with Crippen LogP contribution in [0.15, 0.2) is 53.7 Å². The van der Waals surface area contributed by atoms with Crippen LogP contribution in [-0.2, 0) is 6.54 Å². The SMILES string of the molecule is ON=C1CCN(Cc2cccc(Cl)c2)c2ccccc21. The van der Waals surface area contributed by atoms with E-state index in [9.17, 15) is 0 Å². The minimum atomic E-state index is 0.744. The van der Waals surface area contributed by atoms with Crippen molar-refractivity contribution in [3.8, 4) is 0 Å². The monoisotopic (exact) mass is 286 g/mol. The van der Waals surface area contributed by atoms with E-state index in [2.05, 4.69) is 22.2 Å². The maximum absolute atomic E-state index is 9.10. The zero-order valence-electron chi connectivity index (χ0n) is 11.0. The summed E-state index contributed by atoms with van der Waals surface area (Å²) in [5.74, 6) is 0. The van der Waals surface area contributed by atoms with Gasteiger partial charge in [0.2, 0.25) is 0 Å². The van der Waals surface area contributed by atoms with Gasteiger partial charge in [-0.2, -0.15) is 0 Å². The summed E-state index contributed by atoms with van der Waals surface area (Å²) in [4.78, 5) is 2.29. The molecule has 2 aromatic rings. The van der Waals surface area contributed by atoms with E-state index < -0.39 is 0 Å². The molecule has 1 aliphatic heterocycles. The van der Waals surface area contributed by atoms with Crippen molar-refractivity contribution in [2.24, 2.45) is 5.16 Å². The quantitative estimate of drug-likeness (QED) is 0.671.